The number of carbonyl (C=O) groups is 1. The SMILES string of the molecule is Cc1ccc2c(COC(=O)c3occc3C)cc(=O)oc2c1. The molecule has 3 rings (SSSR count). The van der Waals surface area contributed by atoms with Crippen molar-refractivity contribution in [2.24, 2.45) is 0 Å². The van der Waals surface area contributed by atoms with Crippen molar-refractivity contribution >= 4 is 16.9 Å². The number of carbonyl (C=O) groups excluding carboxylic acids is 1. The zero-order valence-electron chi connectivity index (χ0n) is 12.2. The number of rotatable bonds is 3. The first-order chi connectivity index (χ1) is 10.5. The molecule has 1 aromatic carbocycles. The second-order valence-electron chi connectivity index (χ2n) is 5.10. The zero-order chi connectivity index (χ0) is 15.7. The zero-order valence-corrected chi connectivity index (χ0v) is 12.2. The molecular weight excluding hydrogens is 284 g/mol. The van der Waals surface area contributed by atoms with Crippen LogP contribution in [-0.4, -0.2) is 5.97 Å². The summed E-state index contributed by atoms with van der Waals surface area (Å²) in [4.78, 5) is 23.6. The lowest BCUT2D eigenvalue weighted by atomic mass is 10.1. The first-order valence-electron chi connectivity index (χ1n) is 6.79. The first kappa shape index (κ1) is 14.1. The third-order valence-corrected chi connectivity index (χ3v) is 3.39. The van der Waals surface area contributed by atoms with Gasteiger partial charge in [0.2, 0.25) is 5.76 Å². The molecule has 0 fully saturated rings. The average molecular weight is 298 g/mol. The van der Waals surface area contributed by atoms with E-state index < -0.39 is 11.6 Å². The van der Waals surface area contributed by atoms with Gasteiger partial charge >= 0.3 is 11.6 Å². The predicted molar refractivity (Wildman–Crippen MR) is 79.8 cm³/mol. The number of fused-ring (bicyclic) bond motifs is 1. The van der Waals surface area contributed by atoms with Crippen molar-refractivity contribution in [2.45, 2.75) is 20.5 Å². The van der Waals surface area contributed by atoms with Gasteiger partial charge in [-0.25, -0.2) is 9.59 Å². The summed E-state index contributed by atoms with van der Waals surface area (Å²) >= 11 is 0. The molecule has 5 heteroatoms. The second-order valence-corrected chi connectivity index (χ2v) is 5.10. The van der Waals surface area contributed by atoms with Crippen LogP contribution in [0.2, 0.25) is 0 Å². The molecule has 0 spiro atoms. The van der Waals surface area contributed by atoms with Gasteiger partial charge in [-0.05, 0) is 31.5 Å². The minimum Gasteiger partial charge on any atom is -0.457 e. The van der Waals surface area contributed by atoms with Crippen LogP contribution in [0.1, 0.15) is 27.2 Å². The summed E-state index contributed by atoms with van der Waals surface area (Å²) < 4.78 is 15.5. The average Bonchev–Trinajstić information content (AvgIpc) is 2.90. The molecule has 0 aliphatic heterocycles. The van der Waals surface area contributed by atoms with Crippen molar-refractivity contribution in [1.82, 2.24) is 0 Å². The molecule has 5 nitrogen and oxygen atoms in total. The van der Waals surface area contributed by atoms with E-state index in [2.05, 4.69) is 0 Å². The maximum atomic E-state index is 12.0. The highest BCUT2D eigenvalue weighted by Crippen LogP contribution is 2.20. The van der Waals surface area contributed by atoms with Crippen LogP contribution >= 0.6 is 0 Å². The molecule has 0 saturated heterocycles. The first-order valence-corrected chi connectivity index (χ1v) is 6.79. The van der Waals surface area contributed by atoms with Gasteiger partial charge < -0.3 is 13.6 Å². The molecule has 0 unspecified atom stereocenters. The summed E-state index contributed by atoms with van der Waals surface area (Å²) in [7, 11) is 0. The fourth-order valence-electron chi connectivity index (χ4n) is 2.25. The maximum absolute atomic E-state index is 12.0. The van der Waals surface area contributed by atoms with E-state index in [9.17, 15) is 9.59 Å². The summed E-state index contributed by atoms with van der Waals surface area (Å²) in [5.41, 5.74) is 2.30. The second kappa shape index (κ2) is 5.52. The Labute approximate surface area is 126 Å². The van der Waals surface area contributed by atoms with E-state index in [1.165, 1.54) is 12.3 Å². The van der Waals surface area contributed by atoms with Gasteiger partial charge in [0.25, 0.3) is 0 Å². The topological polar surface area (TPSA) is 69.7 Å². The number of benzene rings is 1. The van der Waals surface area contributed by atoms with Crippen molar-refractivity contribution in [3.63, 3.8) is 0 Å². The third kappa shape index (κ3) is 2.65. The summed E-state index contributed by atoms with van der Waals surface area (Å²) in [5, 5.41) is 0.745. The number of furan rings is 1. The van der Waals surface area contributed by atoms with E-state index in [0.717, 1.165) is 10.9 Å². The molecule has 112 valence electrons. The Morgan fingerprint density at radius 1 is 1.18 bits per heavy atom. The van der Waals surface area contributed by atoms with Crippen LogP contribution in [0.15, 0.2) is 50.2 Å². The predicted octanol–water partition coefficient (Wildman–Crippen LogP) is 3.36. The smallest absolute Gasteiger partial charge is 0.374 e. The Morgan fingerprint density at radius 2 is 2.00 bits per heavy atom. The molecule has 0 bridgehead atoms. The number of hydrogen-bond acceptors (Lipinski definition) is 5. The minimum absolute atomic E-state index is 0.0237. The molecule has 3 aromatic rings. The molecule has 2 heterocycles. The van der Waals surface area contributed by atoms with Crippen LogP contribution in [0, 0.1) is 13.8 Å². The molecule has 0 amide bonds. The highest BCUT2D eigenvalue weighted by atomic mass is 16.5. The van der Waals surface area contributed by atoms with Crippen molar-refractivity contribution < 1.29 is 18.4 Å². The quantitative estimate of drug-likeness (QED) is 0.548. The van der Waals surface area contributed by atoms with E-state index in [1.54, 1.807) is 19.1 Å². The maximum Gasteiger partial charge on any atom is 0.374 e. The highest BCUT2D eigenvalue weighted by molar-refractivity contribution is 5.88. The molecule has 0 aliphatic carbocycles. The van der Waals surface area contributed by atoms with Crippen LogP contribution in [0.25, 0.3) is 11.0 Å². The van der Waals surface area contributed by atoms with Gasteiger partial charge in [0.15, 0.2) is 0 Å². The molecular formula is C17H14O5. The normalized spacial score (nSPS) is 10.8. The van der Waals surface area contributed by atoms with E-state index in [0.29, 0.717) is 16.7 Å². The fourth-order valence-corrected chi connectivity index (χ4v) is 2.25. The van der Waals surface area contributed by atoms with Crippen LogP contribution < -0.4 is 5.63 Å². The van der Waals surface area contributed by atoms with Gasteiger partial charge in [-0.15, -0.1) is 0 Å². The molecule has 0 N–H and O–H groups in total. The Balaban J connectivity index is 1.89. The van der Waals surface area contributed by atoms with E-state index in [-0.39, 0.29) is 12.4 Å². The van der Waals surface area contributed by atoms with Crippen molar-refractivity contribution in [2.75, 3.05) is 0 Å². The number of esters is 1. The number of hydrogen-bond donors (Lipinski definition) is 0. The molecule has 22 heavy (non-hydrogen) atoms. The van der Waals surface area contributed by atoms with Gasteiger partial charge in [-0.3, -0.25) is 0 Å². The summed E-state index contributed by atoms with van der Waals surface area (Å²) in [6.45, 7) is 3.64. The monoisotopic (exact) mass is 298 g/mol. The fraction of sp³-hybridized carbons (Fsp3) is 0.176. The van der Waals surface area contributed by atoms with Gasteiger partial charge in [0, 0.05) is 22.6 Å². The van der Waals surface area contributed by atoms with Crippen molar-refractivity contribution in [3.8, 4) is 0 Å². The van der Waals surface area contributed by atoms with Gasteiger partial charge in [-0.1, -0.05) is 12.1 Å². The molecule has 0 aliphatic rings. The number of aryl methyl sites for hydroxylation is 2. The Kier molecular flexibility index (Phi) is 3.55. The molecule has 2 aromatic heterocycles. The van der Waals surface area contributed by atoms with Crippen LogP contribution in [-0.2, 0) is 11.3 Å². The standard InChI is InChI=1S/C17H14O5/c1-10-3-4-13-12(8-15(18)22-14(13)7-10)9-21-17(19)16-11(2)5-6-20-16/h3-8H,9H2,1-2H3. The lowest BCUT2D eigenvalue weighted by Gasteiger charge is -2.07. The molecule has 0 saturated carbocycles. The molecule has 0 atom stereocenters. The minimum atomic E-state index is -0.559. The van der Waals surface area contributed by atoms with Gasteiger partial charge in [0.1, 0.15) is 12.2 Å². The van der Waals surface area contributed by atoms with Gasteiger partial charge in [0.05, 0.1) is 6.26 Å². The van der Waals surface area contributed by atoms with Gasteiger partial charge in [-0.2, -0.15) is 0 Å². The molecule has 0 radical (unpaired) electrons. The number of ether oxygens (including phenoxy) is 1. The van der Waals surface area contributed by atoms with E-state index >= 15 is 0 Å². The van der Waals surface area contributed by atoms with Crippen LogP contribution in [0.4, 0.5) is 0 Å². The van der Waals surface area contributed by atoms with E-state index in [1.807, 2.05) is 19.1 Å². The summed E-state index contributed by atoms with van der Waals surface area (Å²) in [6.07, 6.45) is 1.43. The Hall–Kier alpha value is -2.82. The van der Waals surface area contributed by atoms with Crippen LogP contribution in [0.5, 0.6) is 0 Å². The summed E-state index contributed by atoms with van der Waals surface area (Å²) in [5.74, 6) is -0.390. The lowest BCUT2D eigenvalue weighted by Crippen LogP contribution is -2.08. The summed E-state index contributed by atoms with van der Waals surface area (Å²) in [6, 6.07) is 8.55. The third-order valence-electron chi connectivity index (χ3n) is 3.39. The Morgan fingerprint density at radius 3 is 2.73 bits per heavy atom. The Bertz CT molecular complexity index is 901. The van der Waals surface area contributed by atoms with Crippen molar-refractivity contribution in [1.29, 1.82) is 0 Å². The van der Waals surface area contributed by atoms with E-state index in [4.69, 9.17) is 13.6 Å². The highest BCUT2D eigenvalue weighted by Gasteiger charge is 2.15. The lowest BCUT2D eigenvalue weighted by molar-refractivity contribution is 0.0436. The van der Waals surface area contributed by atoms with Crippen molar-refractivity contribution in [3.05, 3.63) is 69.5 Å². The largest absolute Gasteiger partial charge is 0.457 e. The van der Waals surface area contributed by atoms with Crippen LogP contribution in [0.3, 0.4) is 0 Å².